The van der Waals surface area contributed by atoms with Gasteiger partial charge in [0.15, 0.2) is 5.96 Å². The molecule has 104 valence electrons. The van der Waals surface area contributed by atoms with Crippen molar-refractivity contribution >= 4 is 5.96 Å². The van der Waals surface area contributed by atoms with Gasteiger partial charge in [0.25, 0.3) is 0 Å². The average molecular weight is 255 g/mol. The fraction of sp³-hybridized carbons (Fsp3) is 0.923. The first kappa shape index (κ1) is 13.6. The van der Waals surface area contributed by atoms with Crippen LogP contribution in [0.2, 0.25) is 0 Å². The molecule has 0 aromatic heterocycles. The number of rotatable bonds is 3. The predicted molar refractivity (Wildman–Crippen MR) is 71.6 cm³/mol. The first-order valence-electron chi connectivity index (χ1n) is 6.80. The molecular weight excluding hydrogens is 230 g/mol. The minimum Gasteiger partial charge on any atom is -0.381 e. The highest BCUT2D eigenvalue weighted by atomic mass is 16.5. The molecule has 2 fully saturated rings. The number of hydrogen-bond acceptors (Lipinski definition) is 3. The predicted octanol–water partition coefficient (Wildman–Crippen LogP) is 0.837. The Bertz CT molecular complexity index is 311. The maximum Gasteiger partial charge on any atom is 0.191 e. The van der Waals surface area contributed by atoms with E-state index < -0.39 is 0 Å². The van der Waals surface area contributed by atoms with Crippen molar-refractivity contribution in [2.75, 3.05) is 33.9 Å². The van der Waals surface area contributed by atoms with E-state index in [0.717, 1.165) is 39.1 Å². The first-order chi connectivity index (χ1) is 8.60. The lowest BCUT2D eigenvalue weighted by molar-refractivity contribution is -0.163. The minimum absolute atomic E-state index is 0.162. The van der Waals surface area contributed by atoms with E-state index in [1.54, 1.807) is 0 Å². The van der Waals surface area contributed by atoms with E-state index in [4.69, 9.17) is 15.2 Å². The zero-order valence-corrected chi connectivity index (χ0v) is 11.7. The van der Waals surface area contributed by atoms with Crippen LogP contribution in [0.4, 0.5) is 0 Å². The van der Waals surface area contributed by atoms with Gasteiger partial charge in [-0.05, 0) is 26.2 Å². The molecule has 2 N–H and O–H groups in total. The molecule has 1 aliphatic heterocycles. The van der Waals surface area contributed by atoms with Crippen molar-refractivity contribution in [3.8, 4) is 0 Å². The lowest BCUT2D eigenvalue weighted by atomic mass is 9.58. The summed E-state index contributed by atoms with van der Waals surface area (Å²) in [5.41, 5.74) is 6.10. The Labute approximate surface area is 109 Å². The summed E-state index contributed by atoms with van der Waals surface area (Å²) >= 11 is 0. The Morgan fingerprint density at radius 3 is 2.67 bits per heavy atom. The number of aliphatic imine (C=N–C) groups is 1. The third-order valence-corrected chi connectivity index (χ3v) is 4.28. The average Bonchev–Trinajstić information content (AvgIpc) is 2.38. The molecular formula is C13H25N3O2. The molecule has 0 amide bonds. The normalized spacial score (nSPS) is 31.2. The molecule has 1 saturated heterocycles. The van der Waals surface area contributed by atoms with E-state index in [0.29, 0.717) is 18.1 Å². The number of nitrogens with two attached hydrogens (primary N) is 1. The van der Waals surface area contributed by atoms with Crippen LogP contribution in [-0.4, -0.2) is 56.9 Å². The monoisotopic (exact) mass is 255 g/mol. The van der Waals surface area contributed by atoms with Gasteiger partial charge in [0.05, 0.1) is 12.1 Å². The third kappa shape index (κ3) is 2.34. The largest absolute Gasteiger partial charge is 0.381 e. The topological polar surface area (TPSA) is 60.1 Å². The summed E-state index contributed by atoms with van der Waals surface area (Å²) < 4.78 is 11.3. The SMILES string of the molecule is CCOC1CC(N=C(N)N(C)C)C12CCOCC2. The van der Waals surface area contributed by atoms with E-state index in [-0.39, 0.29) is 5.41 Å². The highest BCUT2D eigenvalue weighted by Gasteiger charge is 2.56. The molecule has 2 unspecified atom stereocenters. The van der Waals surface area contributed by atoms with Crippen LogP contribution in [0, 0.1) is 5.41 Å². The molecule has 0 aromatic rings. The van der Waals surface area contributed by atoms with Crippen LogP contribution in [0.25, 0.3) is 0 Å². The Morgan fingerprint density at radius 1 is 1.44 bits per heavy atom. The number of nitrogens with zero attached hydrogens (tertiary/aromatic N) is 2. The van der Waals surface area contributed by atoms with Crippen LogP contribution < -0.4 is 5.73 Å². The van der Waals surface area contributed by atoms with Gasteiger partial charge in [-0.15, -0.1) is 0 Å². The van der Waals surface area contributed by atoms with Gasteiger partial charge < -0.3 is 20.1 Å². The van der Waals surface area contributed by atoms with Crippen LogP contribution in [0.3, 0.4) is 0 Å². The summed E-state index contributed by atoms with van der Waals surface area (Å²) in [7, 11) is 3.85. The lowest BCUT2D eigenvalue weighted by Crippen LogP contribution is -2.60. The zero-order valence-electron chi connectivity index (χ0n) is 11.7. The number of ether oxygens (including phenoxy) is 2. The maximum absolute atomic E-state index is 5.94. The Kier molecular flexibility index (Phi) is 4.12. The van der Waals surface area contributed by atoms with Crippen LogP contribution >= 0.6 is 0 Å². The van der Waals surface area contributed by atoms with Crippen LogP contribution in [0.15, 0.2) is 4.99 Å². The van der Waals surface area contributed by atoms with Gasteiger partial charge in [-0.2, -0.15) is 0 Å². The standard InChI is InChI=1S/C13H25N3O2/c1-4-18-11-9-10(15-12(14)16(2)3)13(11)5-7-17-8-6-13/h10-11H,4-9H2,1-3H3,(H2,14,15). The quantitative estimate of drug-likeness (QED) is 0.599. The summed E-state index contributed by atoms with van der Waals surface area (Å²) in [5.74, 6) is 0.612. The van der Waals surface area contributed by atoms with Crippen LogP contribution in [-0.2, 0) is 9.47 Å². The van der Waals surface area contributed by atoms with Crippen molar-refractivity contribution in [3.63, 3.8) is 0 Å². The highest BCUT2D eigenvalue weighted by Crippen LogP contribution is 2.52. The van der Waals surface area contributed by atoms with Gasteiger partial charge in [-0.25, -0.2) is 4.99 Å². The molecule has 0 aromatic carbocycles. The van der Waals surface area contributed by atoms with E-state index >= 15 is 0 Å². The van der Waals surface area contributed by atoms with E-state index in [9.17, 15) is 0 Å². The summed E-state index contributed by atoms with van der Waals surface area (Å²) in [6.45, 7) is 4.46. The van der Waals surface area contributed by atoms with Crippen molar-refractivity contribution in [1.29, 1.82) is 0 Å². The zero-order chi connectivity index (χ0) is 13.2. The number of guanidine groups is 1. The molecule has 18 heavy (non-hydrogen) atoms. The van der Waals surface area contributed by atoms with Gasteiger partial charge in [-0.1, -0.05) is 0 Å². The van der Waals surface area contributed by atoms with Crippen molar-refractivity contribution in [2.45, 2.75) is 38.3 Å². The summed E-state index contributed by atoms with van der Waals surface area (Å²) in [6, 6.07) is 0.292. The van der Waals surface area contributed by atoms with E-state index in [1.165, 1.54) is 0 Å². The molecule has 1 heterocycles. The van der Waals surface area contributed by atoms with Crippen molar-refractivity contribution in [2.24, 2.45) is 16.1 Å². The minimum atomic E-state index is 0.162. The Balaban J connectivity index is 2.10. The van der Waals surface area contributed by atoms with Crippen molar-refractivity contribution < 1.29 is 9.47 Å². The molecule has 5 nitrogen and oxygen atoms in total. The summed E-state index contributed by atoms with van der Waals surface area (Å²) in [5, 5.41) is 0. The second-order valence-corrected chi connectivity index (χ2v) is 5.42. The molecule has 0 radical (unpaired) electrons. The molecule has 2 rings (SSSR count). The second-order valence-electron chi connectivity index (χ2n) is 5.42. The fourth-order valence-corrected chi connectivity index (χ4v) is 3.02. The lowest BCUT2D eigenvalue weighted by Gasteiger charge is -2.55. The van der Waals surface area contributed by atoms with Crippen LogP contribution in [0.1, 0.15) is 26.2 Å². The van der Waals surface area contributed by atoms with Gasteiger partial charge >= 0.3 is 0 Å². The van der Waals surface area contributed by atoms with Crippen molar-refractivity contribution in [1.82, 2.24) is 4.90 Å². The molecule has 0 bridgehead atoms. The van der Waals surface area contributed by atoms with Gasteiger partial charge in [0.1, 0.15) is 0 Å². The number of hydrogen-bond donors (Lipinski definition) is 1. The van der Waals surface area contributed by atoms with E-state index in [2.05, 4.69) is 11.9 Å². The Morgan fingerprint density at radius 2 is 2.11 bits per heavy atom. The molecule has 2 aliphatic rings. The fourth-order valence-electron chi connectivity index (χ4n) is 3.02. The summed E-state index contributed by atoms with van der Waals surface area (Å²) in [6.07, 6.45) is 3.39. The molecule has 1 aliphatic carbocycles. The van der Waals surface area contributed by atoms with Gasteiger partial charge in [0, 0.05) is 39.3 Å². The van der Waals surface area contributed by atoms with Crippen LogP contribution in [0.5, 0.6) is 0 Å². The molecule has 1 spiro atoms. The molecule has 2 atom stereocenters. The Hall–Kier alpha value is -0.810. The van der Waals surface area contributed by atoms with Gasteiger partial charge in [-0.3, -0.25) is 0 Å². The molecule has 5 heteroatoms. The maximum atomic E-state index is 5.94. The third-order valence-electron chi connectivity index (χ3n) is 4.28. The second kappa shape index (κ2) is 5.45. The van der Waals surface area contributed by atoms with Gasteiger partial charge in [0.2, 0.25) is 0 Å². The van der Waals surface area contributed by atoms with Crippen molar-refractivity contribution in [3.05, 3.63) is 0 Å². The smallest absolute Gasteiger partial charge is 0.191 e. The first-order valence-corrected chi connectivity index (χ1v) is 6.80. The summed E-state index contributed by atoms with van der Waals surface area (Å²) in [4.78, 5) is 6.54. The van der Waals surface area contributed by atoms with E-state index in [1.807, 2.05) is 19.0 Å². The molecule has 1 saturated carbocycles. The highest BCUT2D eigenvalue weighted by molar-refractivity contribution is 5.77.